The van der Waals surface area contributed by atoms with Gasteiger partial charge in [-0.05, 0) is 54.8 Å². The Morgan fingerprint density at radius 3 is 2.27 bits per heavy atom. The first-order valence-corrected chi connectivity index (χ1v) is 7.48. The average Bonchev–Trinajstić information content (AvgIpc) is 3.30. The van der Waals surface area contributed by atoms with Crippen LogP contribution in [0.5, 0.6) is 5.75 Å². The van der Waals surface area contributed by atoms with Gasteiger partial charge in [0.2, 0.25) is 0 Å². The van der Waals surface area contributed by atoms with Crippen molar-refractivity contribution in [3.8, 4) is 5.75 Å². The van der Waals surface area contributed by atoms with Gasteiger partial charge in [-0.1, -0.05) is 23.7 Å². The zero-order valence-corrected chi connectivity index (χ0v) is 13.0. The first kappa shape index (κ1) is 14.7. The number of carbonyl (C=O) groups is 1. The zero-order chi connectivity index (χ0) is 15.6. The lowest BCUT2D eigenvalue weighted by atomic mass is 10.1. The highest BCUT2D eigenvalue weighted by Gasteiger charge is 2.45. The lowest BCUT2D eigenvalue weighted by molar-refractivity contribution is 0.247. The van der Waals surface area contributed by atoms with Gasteiger partial charge in [0, 0.05) is 10.7 Å². The molecule has 0 aliphatic heterocycles. The molecule has 0 unspecified atom stereocenters. The third kappa shape index (κ3) is 3.17. The summed E-state index contributed by atoms with van der Waals surface area (Å²) < 4.78 is 5.16. The van der Waals surface area contributed by atoms with Crippen LogP contribution in [0.15, 0.2) is 48.5 Å². The fourth-order valence-electron chi connectivity index (χ4n) is 2.43. The second-order valence-electron chi connectivity index (χ2n) is 5.40. The molecule has 0 radical (unpaired) electrons. The number of halogens is 1. The molecule has 1 aliphatic carbocycles. The van der Waals surface area contributed by atoms with Gasteiger partial charge in [0.25, 0.3) is 0 Å². The maximum absolute atomic E-state index is 12.2. The van der Waals surface area contributed by atoms with Crippen molar-refractivity contribution in [2.45, 2.75) is 18.4 Å². The Morgan fingerprint density at radius 1 is 1.09 bits per heavy atom. The van der Waals surface area contributed by atoms with E-state index in [1.807, 2.05) is 24.3 Å². The Kier molecular flexibility index (Phi) is 3.94. The van der Waals surface area contributed by atoms with Crippen molar-refractivity contribution in [3.63, 3.8) is 0 Å². The second-order valence-corrected chi connectivity index (χ2v) is 5.83. The molecule has 1 fully saturated rings. The van der Waals surface area contributed by atoms with E-state index < -0.39 is 0 Å². The number of rotatable bonds is 4. The van der Waals surface area contributed by atoms with Crippen molar-refractivity contribution < 1.29 is 9.53 Å². The molecule has 0 aromatic heterocycles. The molecule has 22 heavy (non-hydrogen) atoms. The number of amides is 2. The number of urea groups is 1. The number of nitrogens with one attached hydrogen (secondary N) is 2. The summed E-state index contributed by atoms with van der Waals surface area (Å²) in [6.07, 6.45) is 1.88. The fourth-order valence-corrected chi connectivity index (χ4v) is 2.56. The van der Waals surface area contributed by atoms with Gasteiger partial charge < -0.3 is 15.4 Å². The monoisotopic (exact) mass is 316 g/mol. The normalized spacial score (nSPS) is 15.0. The van der Waals surface area contributed by atoms with Crippen LogP contribution in [-0.2, 0) is 5.54 Å². The molecule has 3 rings (SSSR count). The van der Waals surface area contributed by atoms with Crippen LogP contribution >= 0.6 is 11.6 Å². The van der Waals surface area contributed by atoms with Crippen LogP contribution in [0.25, 0.3) is 0 Å². The highest BCUT2D eigenvalue weighted by molar-refractivity contribution is 6.30. The highest BCUT2D eigenvalue weighted by Crippen LogP contribution is 2.45. The third-order valence-electron chi connectivity index (χ3n) is 3.85. The molecule has 0 atom stereocenters. The van der Waals surface area contributed by atoms with E-state index in [4.69, 9.17) is 16.3 Å². The van der Waals surface area contributed by atoms with E-state index in [-0.39, 0.29) is 11.6 Å². The minimum absolute atomic E-state index is 0.212. The number of anilines is 1. The van der Waals surface area contributed by atoms with Gasteiger partial charge in [0.05, 0.1) is 12.6 Å². The molecular weight excluding hydrogens is 300 g/mol. The van der Waals surface area contributed by atoms with Crippen LogP contribution in [0.1, 0.15) is 18.4 Å². The summed E-state index contributed by atoms with van der Waals surface area (Å²) in [5.74, 6) is 0.810. The number of benzene rings is 2. The molecule has 0 heterocycles. The number of ether oxygens (including phenoxy) is 1. The maximum Gasteiger partial charge on any atom is 0.319 e. The minimum atomic E-state index is -0.261. The van der Waals surface area contributed by atoms with E-state index in [0.717, 1.165) is 24.2 Å². The standard InChI is InChI=1S/C17H17ClN2O2/c1-22-15-8-2-12(3-9-15)17(10-11-17)20-16(21)19-14-6-4-13(18)5-7-14/h2-9H,10-11H2,1H3,(H2,19,20,21). The lowest BCUT2D eigenvalue weighted by Gasteiger charge is -2.19. The molecule has 114 valence electrons. The summed E-state index contributed by atoms with van der Waals surface area (Å²) in [5.41, 5.74) is 1.55. The Bertz CT molecular complexity index is 664. The molecule has 4 nitrogen and oxygen atoms in total. The molecule has 2 N–H and O–H groups in total. The summed E-state index contributed by atoms with van der Waals surface area (Å²) in [6, 6.07) is 14.6. The van der Waals surface area contributed by atoms with Gasteiger partial charge in [-0.15, -0.1) is 0 Å². The molecule has 1 aliphatic rings. The smallest absolute Gasteiger partial charge is 0.319 e. The van der Waals surface area contributed by atoms with Crippen LogP contribution in [0.3, 0.4) is 0 Å². The van der Waals surface area contributed by atoms with Gasteiger partial charge in [-0.2, -0.15) is 0 Å². The molecule has 1 saturated carbocycles. The second kappa shape index (κ2) is 5.89. The molecule has 0 saturated heterocycles. The van der Waals surface area contributed by atoms with E-state index in [1.54, 1.807) is 31.4 Å². The maximum atomic E-state index is 12.2. The van der Waals surface area contributed by atoms with Crippen LogP contribution in [0, 0.1) is 0 Å². The van der Waals surface area contributed by atoms with Crippen LogP contribution in [-0.4, -0.2) is 13.1 Å². The van der Waals surface area contributed by atoms with Gasteiger partial charge in [-0.25, -0.2) is 4.79 Å². The minimum Gasteiger partial charge on any atom is -0.497 e. The quantitative estimate of drug-likeness (QED) is 0.890. The van der Waals surface area contributed by atoms with Gasteiger partial charge in [0.15, 0.2) is 0 Å². The molecule has 2 aromatic rings. The number of carbonyl (C=O) groups excluding carboxylic acids is 1. The molecule has 5 heteroatoms. The number of methoxy groups -OCH3 is 1. The Balaban J connectivity index is 1.66. The Morgan fingerprint density at radius 2 is 1.73 bits per heavy atom. The van der Waals surface area contributed by atoms with E-state index in [2.05, 4.69) is 10.6 Å². The predicted octanol–water partition coefficient (Wildman–Crippen LogP) is 4.16. The van der Waals surface area contributed by atoms with Crippen LogP contribution < -0.4 is 15.4 Å². The van der Waals surface area contributed by atoms with Gasteiger partial charge >= 0.3 is 6.03 Å². The van der Waals surface area contributed by atoms with Crippen molar-refractivity contribution in [3.05, 3.63) is 59.1 Å². The van der Waals surface area contributed by atoms with E-state index in [1.165, 1.54) is 0 Å². The lowest BCUT2D eigenvalue weighted by Crippen LogP contribution is -2.38. The first-order valence-electron chi connectivity index (χ1n) is 7.11. The Hall–Kier alpha value is -2.20. The van der Waals surface area contributed by atoms with Gasteiger partial charge in [0.1, 0.15) is 5.75 Å². The number of hydrogen-bond donors (Lipinski definition) is 2. The SMILES string of the molecule is COc1ccc(C2(NC(=O)Nc3ccc(Cl)cc3)CC2)cc1. The van der Waals surface area contributed by atoms with Crippen molar-refractivity contribution in [2.24, 2.45) is 0 Å². The summed E-state index contributed by atoms with van der Waals surface area (Å²) in [4.78, 5) is 12.2. The van der Waals surface area contributed by atoms with E-state index >= 15 is 0 Å². The predicted molar refractivity (Wildman–Crippen MR) is 87.5 cm³/mol. The average molecular weight is 317 g/mol. The van der Waals surface area contributed by atoms with E-state index in [0.29, 0.717) is 10.7 Å². The summed E-state index contributed by atoms with van der Waals surface area (Å²) in [6.45, 7) is 0. The highest BCUT2D eigenvalue weighted by atomic mass is 35.5. The molecular formula is C17H17ClN2O2. The molecule has 2 amide bonds. The summed E-state index contributed by atoms with van der Waals surface area (Å²) >= 11 is 5.83. The number of hydrogen-bond acceptors (Lipinski definition) is 2. The van der Waals surface area contributed by atoms with Crippen molar-refractivity contribution >= 4 is 23.3 Å². The fraction of sp³-hybridized carbons (Fsp3) is 0.235. The van der Waals surface area contributed by atoms with Crippen LogP contribution in [0.4, 0.5) is 10.5 Å². The largest absolute Gasteiger partial charge is 0.497 e. The van der Waals surface area contributed by atoms with Crippen LogP contribution in [0.2, 0.25) is 5.02 Å². The third-order valence-corrected chi connectivity index (χ3v) is 4.10. The molecule has 0 spiro atoms. The summed E-state index contributed by atoms with van der Waals surface area (Å²) in [7, 11) is 1.64. The van der Waals surface area contributed by atoms with Crippen molar-refractivity contribution in [2.75, 3.05) is 12.4 Å². The molecule has 0 bridgehead atoms. The Labute approximate surface area is 134 Å². The van der Waals surface area contributed by atoms with Crippen molar-refractivity contribution in [1.29, 1.82) is 0 Å². The zero-order valence-electron chi connectivity index (χ0n) is 12.2. The van der Waals surface area contributed by atoms with E-state index in [9.17, 15) is 4.79 Å². The first-order chi connectivity index (χ1) is 10.6. The van der Waals surface area contributed by atoms with Crippen molar-refractivity contribution in [1.82, 2.24) is 5.32 Å². The molecule has 2 aromatic carbocycles. The summed E-state index contributed by atoms with van der Waals surface area (Å²) in [5, 5.41) is 6.53. The van der Waals surface area contributed by atoms with Gasteiger partial charge in [-0.3, -0.25) is 0 Å². The topological polar surface area (TPSA) is 50.4 Å².